The minimum atomic E-state index is 0.245. The van der Waals surface area contributed by atoms with E-state index in [1.807, 2.05) is 0 Å². The van der Waals surface area contributed by atoms with Crippen LogP contribution < -0.4 is 11.3 Å². The Hall–Kier alpha value is 0.0600. The third kappa shape index (κ3) is 2.60. The second kappa shape index (κ2) is 5.41. The van der Waals surface area contributed by atoms with E-state index in [9.17, 15) is 0 Å². The maximum absolute atomic E-state index is 5.66. The zero-order valence-electron chi connectivity index (χ0n) is 8.41. The Labute approximate surface area is 102 Å². The minimum Gasteiger partial charge on any atom is -0.381 e. The lowest BCUT2D eigenvalue weighted by atomic mass is 9.89. The fourth-order valence-electron chi connectivity index (χ4n) is 2.04. The number of halogens is 1. The van der Waals surface area contributed by atoms with Crippen molar-refractivity contribution in [3.05, 3.63) is 20.8 Å². The number of ether oxygens (including phenoxy) is 1. The Morgan fingerprint density at radius 3 is 2.73 bits per heavy atom. The number of rotatable bonds is 3. The molecule has 3 N–H and O–H groups in total. The van der Waals surface area contributed by atoms with E-state index in [0.29, 0.717) is 5.92 Å². The van der Waals surface area contributed by atoms with E-state index in [4.69, 9.17) is 10.6 Å². The molecule has 84 valence electrons. The monoisotopic (exact) mass is 290 g/mol. The fourth-order valence-corrected chi connectivity index (χ4v) is 3.62. The highest BCUT2D eigenvalue weighted by Gasteiger charge is 2.26. The minimum absolute atomic E-state index is 0.245. The zero-order valence-corrected chi connectivity index (χ0v) is 10.8. The fraction of sp³-hybridized carbons (Fsp3) is 0.600. The molecule has 1 fully saturated rings. The molecule has 1 aliphatic rings. The van der Waals surface area contributed by atoms with Gasteiger partial charge in [0.2, 0.25) is 0 Å². The molecule has 0 saturated carbocycles. The van der Waals surface area contributed by atoms with Gasteiger partial charge in [-0.3, -0.25) is 11.3 Å². The van der Waals surface area contributed by atoms with Crippen molar-refractivity contribution in [2.75, 3.05) is 13.2 Å². The number of thiophene rings is 1. The summed E-state index contributed by atoms with van der Waals surface area (Å²) in [5.41, 5.74) is 4.21. The second-order valence-corrected chi connectivity index (χ2v) is 5.37. The van der Waals surface area contributed by atoms with Crippen LogP contribution in [0, 0.1) is 5.92 Å². The number of hydrazine groups is 1. The molecule has 1 unspecified atom stereocenters. The van der Waals surface area contributed by atoms with Crippen molar-refractivity contribution in [1.82, 2.24) is 5.43 Å². The lowest BCUT2D eigenvalue weighted by molar-refractivity contribution is 0.0536. The van der Waals surface area contributed by atoms with Crippen molar-refractivity contribution in [3.63, 3.8) is 0 Å². The molecule has 15 heavy (non-hydrogen) atoms. The van der Waals surface area contributed by atoms with E-state index in [1.54, 1.807) is 11.3 Å². The summed E-state index contributed by atoms with van der Waals surface area (Å²) in [4.78, 5) is 0. The van der Waals surface area contributed by atoms with E-state index >= 15 is 0 Å². The first-order chi connectivity index (χ1) is 7.33. The maximum Gasteiger partial charge on any atom is 0.0509 e. The van der Waals surface area contributed by atoms with Gasteiger partial charge < -0.3 is 4.74 Å². The third-order valence-corrected chi connectivity index (χ3v) is 4.65. The molecule has 1 aliphatic heterocycles. The van der Waals surface area contributed by atoms with Crippen LogP contribution in [0.15, 0.2) is 15.2 Å². The highest BCUT2D eigenvalue weighted by atomic mass is 79.9. The van der Waals surface area contributed by atoms with E-state index in [-0.39, 0.29) is 6.04 Å². The van der Waals surface area contributed by atoms with Gasteiger partial charge in [0.05, 0.1) is 6.04 Å². The molecule has 0 radical (unpaired) electrons. The van der Waals surface area contributed by atoms with Crippen molar-refractivity contribution in [2.45, 2.75) is 18.9 Å². The Morgan fingerprint density at radius 2 is 2.20 bits per heavy atom. The summed E-state index contributed by atoms with van der Waals surface area (Å²) in [7, 11) is 0. The number of nitrogens with two attached hydrogens (primary N) is 1. The first-order valence-corrected chi connectivity index (χ1v) is 6.82. The van der Waals surface area contributed by atoms with Gasteiger partial charge >= 0.3 is 0 Å². The summed E-state index contributed by atoms with van der Waals surface area (Å²) >= 11 is 5.26. The highest BCUT2D eigenvalue weighted by Crippen LogP contribution is 2.35. The van der Waals surface area contributed by atoms with Gasteiger partial charge in [0, 0.05) is 23.1 Å². The topological polar surface area (TPSA) is 47.3 Å². The molecule has 0 bridgehead atoms. The van der Waals surface area contributed by atoms with Gasteiger partial charge in [0.1, 0.15) is 0 Å². The van der Waals surface area contributed by atoms with Gasteiger partial charge in [-0.05, 0) is 45.6 Å². The first kappa shape index (κ1) is 11.5. The Morgan fingerprint density at radius 1 is 1.47 bits per heavy atom. The van der Waals surface area contributed by atoms with Gasteiger partial charge in [0.15, 0.2) is 0 Å². The molecule has 2 heterocycles. The summed E-state index contributed by atoms with van der Waals surface area (Å²) in [5.74, 6) is 6.24. The molecule has 3 nitrogen and oxygen atoms in total. The maximum atomic E-state index is 5.66. The predicted molar refractivity (Wildman–Crippen MR) is 65.6 cm³/mol. The van der Waals surface area contributed by atoms with Crippen molar-refractivity contribution < 1.29 is 4.74 Å². The Kier molecular flexibility index (Phi) is 4.16. The largest absolute Gasteiger partial charge is 0.381 e. The molecule has 1 aromatic heterocycles. The molecule has 1 aromatic rings. The van der Waals surface area contributed by atoms with Crippen LogP contribution in [0.5, 0.6) is 0 Å². The average molecular weight is 291 g/mol. The van der Waals surface area contributed by atoms with Crippen LogP contribution in [-0.2, 0) is 4.74 Å². The van der Waals surface area contributed by atoms with Crippen molar-refractivity contribution in [3.8, 4) is 0 Å². The quantitative estimate of drug-likeness (QED) is 0.664. The highest BCUT2D eigenvalue weighted by molar-refractivity contribution is 9.10. The standard InChI is InChI=1S/C10H15BrN2OS/c11-9-6-15-5-8(9)10(13-12)7-1-3-14-4-2-7/h5-7,10,13H,1-4,12H2. The molecule has 0 amide bonds. The lowest BCUT2D eigenvalue weighted by Gasteiger charge is -2.29. The van der Waals surface area contributed by atoms with Crippen LogP contribution in [0.2, 0.25) is 0 Å². The molecule has 0 aromatic carbocycles. The smallest absolute Gasteiger partial charge is 0.0509 e. The van der Waals surface area contributed by atoms with Crippen molar-refractivity contribution in [1.29, 1.82) is 0 Å². The zero-order chi connectivity index (χ0) is 10.7. The summed E-state index contributed by atoms with van der Waals surface area (Å²) in [6.45, 7) is 1.70. The molecular formula is C10H15BrN2OS. The van der Waals surface area contributed by atoms with Crippen molar-refractivity contribution >= 4 is 27.3 Å². The number of hydrogen-bond donors (Lipinski definition) is 2. The lowest BCUT2D eigenvalue weighted by Crippen LogP contribution is -2.36. The predicted octanol–water partition coefficient (Wildman–Crippen LogP) is 2.44. The van der Waals surface area contributed by atoms with Gasteiger partial charge in [-0.2, -0.15) is 11.3 Å². The van der Waals surface area contributed by atoms with Crippen LogP contribution in [0.4, 0.5) is 0 Å². The van der Waals surface area contributed by atoms with Crippen LogP contribution >= 0.6 is 27.3 Å². The number of nitrogens with one attached hydrogen (secondary N) is 1. The third-order valence-electron chi connectivity index (χ3n) is 2.89. The molecule has 2 rings (SSSR count). The van der Waals surface area contributed by atoms with E-state index < -0.39 is 0 Å². The Balaban J connectivity index is 2.12. The second-order valence-electron chi connectivity index (χ2n) is 3.77. The van der Waals surface area contributed by atoms with Gasteiger partial charge in [-0.15, -0.1) is 0 Å². The normalized spacial score (nSPS) is 20.4. The summed E-state index contributed by atoms with van der Waals surface area (Å²) in [6, 6.07) is 0.245. The van der Waals surface area contributed by atoms with Crippen LogP contribution in [-0.4, -0.2) is 13.2 Å². The molecule has 0 aliphatic carbocycles. The first-order valence-electron chi connectivity index (χ1n) is 5.08. The van der Waals surface area contributed by atoms with Gasteiger partial charge in [-0.25, -0.2) is 0 Å². The summed E-state index contributed by atoms with van der Waals surface area (Å²) < 4.78 is 6.52. The number of hydrogen-bond acceptors (Lipinski definition) is 4. The summed E-state index contributed by atoms with van der Waals surface area (Å²) in [6.07, 6.45) is 2.16. The van der Waals surface area contributed by atoms with E-state index in [0.717, 1.165) is 30.5 Å². The van der Waals surface area contributed by atoms with Crippen LogP contribution in [0.1, 0.15) is 24.4 Å². The van der Waals surface area contributed by atoms with Gasteiger partial charge in [-0.1, -0.05) is 0 Å². The van der Waals surface area contributed by atoms with Gasteiger partial charge in [0.25, 0.3) is 0 Å². The summed E-state index contributed by atoms with van der Waals surface area (Å²) in [5, 5.41) is 4.25. The van der Waals surface area contributed by atoms with Crippen molar-refractivity contribution in [2.24, 2.45) is 11.8 Å². The van der Waals surface area contributed by atoms with E-state index in [1.165, 1.54) is 5.56 Å². The molecule has 1 atom stereocenters. The molecular weight excluding hydrogens is 276 g/mol. The van der Waals surface area contributed by atoms with Crippen LogP contribution in [0.3, 0.4) is 0 Å². The van der Waals surface area contributed by atoms with E-state index in [2.05, 4.69) is 32.1 Å². The molecule has 1 saturated heterocycles. The SMILES string of the molecule is NNC(c1cscc1Br)C1CCOCC1. The molecule has 0 spiro atoms. The molecule has 5 heteroatoms. The van der Waals surface area contributed by atoms with Crippen LogP contribution in [0.25, 0.3) is 0 Å². The Bertz CT molecular complexity index is 312. The average Bonchev–Trinajstić information content (AvgIpc) is 2.68.